The van der Waals surface area contributed by atoms with Gasteiger partial charge in [-0.2, -0.15) is 0 Å². The van der Waals surface area contributed by atoms with Gasteiger partial charge in [-0.15, -0.1) is 12.3 Å². The third-order valence-electron chi connectivity index (χ3n) is 10.9. The second-order valence-electron chi connectivity index (χ2n) is 14.7. The van der Waals surface area contributed by atoms with Crippen molar-refractivity contribution in [3.05, 3.63) is 12.2 Å². The van der Waals surface area contributed by atoms with Gasteiger partial charge < -0.3 is 38.5 Å². The molecule has 0 saturated carbocycles. The highest BCUT2D eigenvalue weighted by Crippen LogP contribution is 2.44. The van der Waals surface area contributed by atoms with Crippen LogP contribution in [0, 0.1) is 36.0 Å². The summed E-state index contributed by atoms with van der Waals surface area (Å²) in [5, 5.41) is 11.5. The number of hydrogen-bond donors (Lipinski definition) is 1. The second kappa shape index (κ2) is 17.6. The van der Waals surface area contributed by atoms with E-state index in [1.807, 2.05) is 41.7 Å². The molecule has 10 nitrogen and oxygen atoms in total. The van der Waals surface area contributed by atoms with Gasteiger partial charge in [0.25, 0.3) is 0 Å². The molecule has 0 radical (unpaired) electrons. The van der Waals surface area contributed by atoms with Crippen LogP contribution in [0.3, 0.4) is 0 Å². The van der Waals surface area contributed by atoms with Crippen LogP contribution in [-0.4, -0.2) is 116 Å². The third kappa shape index (κ3) is 9.37. The Bertz CT molecular complexity index is 1080. The smallest absolute Gasteiger partial charge is 0.410 e. The average molecular weight is 665 g/mol. The van der Waals surface area contributed by atoms with E-state index in [2.05, 4.69) is 38.2 Å². The van der Waals surface area contributed by atoms with E-state index in [-0.39, 0.29) is 54.1 Å². The van der Waals surface area contributed by atoms with Gasteiger partial charge in [-0.3, -0.25) is 4.90 Å². The van der Waals surface area contributed by atoms with Crippen molar-refractivity contribution in [2.45, 2.75) is 141 Å². The molecule has 2 rings (SSSR count). The molecule has 13 atom stereocenters. The number of carbonyl (C=O) groups is 2. The van der Waals surface area contributed by atoms with Gasteiger partial charge in [-0.1, -0.05) is 46.8 Å². The molecule has 2 heterocycles. The summed E-state index contributed by atoms with van der Waals surface area (Å²) < 4.78 is 31.1. The van der Waals surface area contributed by atoms with Crippen molar-refractivity contribution in [2.24, 2.45) is 23.7 Å². The molecule has 0 bridgehead atoms. The van der Waals surface area contributed by atoms with Gasteiger partial charge in [-0.25, -0.2) is 4.79 Å². The Kier molecular flexibility index (Phi) is 15.4. The zero-order valence-electron chi connectivity index (χ0n) is 31.2. The van der Waals surface area contributed by atoms with Gasteiger partial charge in [0.1, 0.15) is 12.4 Å². The van der Waals surface area contributed by atoms with E-state index in [0.717, 1.165) is 11.9 Å². The van der Waals surface area contributed by atoms with Crippen LogP contribution in [0.5, 0.6) is 0 Å². The van der Waals surface area contributed by atoms with Crippen molar-refractivity contribution in [1.29, 1.82) is 0 Å². The fourth-order valence-electron chi connectivity index (χ4n) is 8.19. The van der Waals surface area contributed by atoms with Crippen LogP contribution in [0.25, 0.3) is 0 Å². The van der Waals surface area contributed by atoms with Crippen molar-refractivity contribution in [3.63, 3.8) is 0 Å². The molecule has 0 aliphatic carbocycles. The summed E-state index contributed by atoms with van der Waals surface area (Å²) in [6.45, 7) is 21.3. The molecule has 2 fully saturated rings. The highest BCUT2D eigenvalue weighted by molar-refractivity contribution is 5.71. The molecule has 1 amide bonds. The number of methoxy groups -OCH3 is 2. The van der Waals surface area contributed by atoms with E-state index in [9.17, 15) is 14.7 Å². The maximum absolute atomic E-state index is 12.9. The molecule has 47 heavy (non-hydrogen) atoms. The first kappa shape index (κ1) is 41.2. The number of aliphatic hydroxyl groups excluding tert-OH is 1. The average Bonchev–Trinajstić information content (AvgIpc) is 3.26. The normalized spacial score (nSPS) is 31.6. The van der Waals surface area contributed by atoms with Gasteiger partial charge in [0.15, 0.2) is 11.9 Å². The molecule has 0 aromatic rings. The molecule has 0 unspecified atom stereocenters. The van der Waals surface area contributed by atoms with Crippen molar-refractivity contribution >= 4 is 12.4 Å². The van der Waals surface area contributed by atoms with Gasteiger partial charge in [-0.05, 0) is 65.3 Å². The van der Waals surface area contributed by atoms with E-state index >= 15 is 0 Å². The monoisotopic (exact) mass is 664 g/mol. The summed E-state index contributed by atoms with van der Waals surface area (Å²) in [5.41, 5.74) is -0.762. The number of likely N-dealkylation sites (N-methyl/N-ethyl adjacent to an activating group) is 2. The summed E-state index contributed by atoms with van der Waals surface area (Å²) >= 11 is 0. The SMILES string of the molecule is C#CCCN(C)[C@H]1C[C@@H](C)O[C@@H](O[C@H]([C@@H](C)C[C@@H](C)C=O)[C@@](C)(C[C@@H](C)C(=C)[C@H](C)[C@H]2N(C)C(=O)O[C@]2(C)[C@@H](CC)OC)OC)[C@@H]1O. The van der Waals surface area contributed by atoms with E-state index < -0.39 is 29.7 Å². The lowest BCUT2D eigenvalue weighted by Crippen LogP contribution is -2.59. The number of cyclic esters (lactones) is 1. The lowest BCUT2D eigenvalue weighted by molar-refractivity contribution is -0.298. The van der Waals surface area contributed by atoms with Crippen LogP contribution in [0.1, 0.15) is 87.5 Å². The third-order valence-corrected chi connectivity index (χ3v) is 10.9. The van der Waals surface area contributed by atoms with E-state index in [1.54, 1.807) is 26.2 Å². The molecule has 1 N–H and O–H groups in total. The number of aliphatic hydroxyl groups is 1. The minimum absolute atomic E-state index is 0.0634. The molecule has 2 aliphatic heterocycles. The lowest BCUT2D eigenvalue weighted by atomic mass is 9.72. The Balaban J connectivity index is 2.41. The number of rotatable bonds is 19. The van der Waals surface area contributed by atoms with E-state index in [0.29, 0.717) is 38.6 Å². The Hall–Kier alpha value is -2.00. The highest BCUT2D eigenvalue weighted by atomic mass is 16.7. The highest BCUT2D eigenvalue weighted by Gasteiger charge is 2.56. The minimum Gasteiger partial charge on any atom is -0.438 e. The van der Waals surface area contributed by atoms with Crippen molar-refractivity contribution in [1.82, 2.24) is 9.80 Å². The molecular weight excluding hydrogens is 600 g/mol. The first-order valence-corrected chi connectivity index (χ1v) is 17.3. The zero-order valence-corrected chi connectivity index (χ0v) is 31.2. The van der Waals surface area contributed by atoms with Crippen LogP contribution in [0.15, 0.2) is 12.2 Å². The summed E-state index contributed by atoms with van der Waals surface area (Å²) in [4.78, 5) is 28.3. The zero-order chi connectivity index (χ0) is 35.9. The van der Waals surface area contributed by atoms with Crippen LogP contribution in [0.4, 0.5) is 4.79 Å². The first-order valence-electron chi connectivity index (χ1n) is 17.3. The van der Waals surface area contributed by atoms with E-state index in [4.69, 9.17) is 30.1 Å². The molecular formula is C37H64N2O8. The number of nitrogens with zero attached hydrogens (tertiary/aromatic N) is 2. The minimum atomic E-state index is -0.916. The summed E-state index contributed by atoms with van der Waals surface area (Å²) in [7, 11) is 7.04. The predicted octanol–water partition coefficient (Wildman–Crippen LogP) is 5.31. The largest absolute Gasteiger partial charge is 0.438 e. The molecule has 2 saturated heterocycles. The summed E-state index contributed by atoms with van der Waals surface area (Å²) in [6.07, 6.45) is 6.31. The Labute approximate surface area is 284 Å². The molecule has 270 valence electrons. The first-order chi connectivity index (χ1) is 22.0. The number of terminal acetylenes is 1. The van der Waals surface area contributed by atoms with Gasteiger partial charge in [0, 0.05) is 52.1 Å². The van der Waals surface area contributed by atoms with Crippen molar-refractivity contribution in [2.75, 3.05) is 34.9 Å². The number of hydrogen-bond acceptors (Lipinski definition) is 9. The van der Waals surface area contributed by atoms with Gasteiger partial charge >= 0.3 is 6.09 Å². The molecule has 0 spiro atoms. The van der Waals surface area contributed by atoms with Crippen molar-refractivity contribution in [3.8, 4) is 12.3 Å². The van der Waals surface area contributed by atoms with Crippen LogP contribution in [0.2, 0.25) is 0 Å². The quantitative estimate of drug-likeness (QED) is 0.112. The Morgan fingerprint density at radius 3 is 2.49 bits per heavy atom. The topological polar surface area (TPSA) is 107 Å². The summed E-state index contributed by atoms with van der Waals surface area (Å²) in [6, 6.07) is -0.490. The Morgan fingerprint density at radius 1 is 1.32 bits per heavy atom. The maximum atomic E-state index is 12.9. The Morgan fingerprint density at radius 2 is 1.96 bits per heavy atom. The number of ether oxygens (including phenoxy) is 5. The lowest BCUT2D eigenvalue weighted by Gasteiger charge is -2.48. The van der Waals surface area contributed by atoms with Gasteiger partial charge in [0.2, 0.25) is 0 Å². The second-order valence-corrected chi connectivity index (χ2v) is 14.7. The fraction of sp³-hybridized carbons (Fsp3) is 0.838. The molecule has 0 aromatic heterocycles. The number of aldehydes is 1. The maximum Gasteiger partial charge on any atom is 0.410 e. The number of carbonyl (C=O) groups excluding carboxylic acids is 2. The molecule has 10 heteroatoms. The van der Waals surface area contributed by atoms with Gasteiger partial charge in [0.05, 0.1) is 30.0 Å². The fourth-order valence-corrected chi connectivity index (χ4v) is 8.19. The molecule has 2 aliphatic rings. The number of amides is 1. The van der Waals surface area contributed by atoms with E-state index in [1.165, 1.54) is 0 Å². The predicted molar refractivity (Wildman–Crippen MR) is 184 cm³/mol. The van der Waals surface area contributed by atoms with Crippen LogP contribution in [-0.2, 0) is 28.5 Å². The summed E-state index contributed by atoms with van der Waals surface area (Å²) in [5.74, 6) is 2.17. The van der Waals surface area contributed by atoms with Crippen LogP contribution < -0.4 is 0 Å². The standard InChI is InChI=1S/C37H64N2O8/c1-15-17-18-38(11)29-20-26(6)45-34(31(29)41)46-33(24(4)19-23(3)22-40)36(9,44-14)21-25(5)27(7)28(8)32-37(10,30(16-2)43-13)47-35(42)39(32)12/h1,22-26,28-34,41H,7,16-21H2,2-6,8-14H3/t23-,24+,25-,26-,28+,29+,30-,31-,32-,33-,34+,36-,37-/m1/s1. The molecule has 0 aromatic carbocycles. The van der Waals surface area contributed by atoms with Crippen molar-refractivity contribution < 1.29 is 38.4 Å². The van der Waals surface area contributed by atoms with Crippen LogP contribution >= 0.6 is 0 Å².